The van der Waals surface area contributed by atoms with Crippen molar-refractivity contribution in [3.8, 4) is 0 Å². The molecule has 0 amide bonds. The monoisotopic (exact) mass is 326 g/mol. The third-order valence-electron chi connectivity index (χ3n) is 4.49. The van der Waals surface area contributed by atoms with Crippen LogP contribution < -0.4 is 4.90 Å². The van der Waals surface area contributed by atoms with Crippen LogP contribution in [0.1, 0.15) is 0 Å². The van der Waals surface area contributed by atoms with Gasteiger partial charge in [0.25, 0.3) is 0 Å². The molecule has 0 radical (unpaired) electrons. The molecule has 3 heterocycles. The minimum absolute atomic E-state index is 0.243. The van der Waals surface area contributed by atoms with Crippen LogP contribution in [-0.4, -0.2) is 57.1 Å². The quantitative estimate of drug-likeness (QED) is 0.732. The maximum atomic E-state index is 13.2. The second kappa shape index (κ2) is 6.52. The molecule has 7 heteroatoms. The standard InChI is InChI=1S/C17H19FN6/c18-14-1-2-16-15(11-14)21-13-24(16)10-7-22-5-8-23(9-6-22)17-12-19-3-4-20-17/h1-4,11-13H,5-10H2. The normalized spacial score (nSPS) is 16.0. The molecule has 0 aliphatic carbocycles. The van der Waals surface area contributed by atoms with Crippen molar-refractivity contribution in [1.29, 1.82) is 0 Å². The number of aromatic nitrogens is 4. The highest BCUT2D eigenvalue weighted by Crippen LogP contribution is 2.15. The first-order valence-corrected chi connectivity index (χ1v) is 8.13. The zero-order chi connectivity index (χ0) is 16.4. The fourth-order valence-corrected chi connectivity index (χ4v) is 3.12. The molecule has 0 saturated carbocycles. The molecule has 1 aliphatic rings. The summed E-state index contributed by atoms with van der Waals surface area (Å²) in [5.41, 5.74) is 1.69. The molecule has 1 saturated heterocycles. The van der Waals surface area contributed by atoms with Gasteiger partial charge in [-0.15, -0.1) is 0 Å². The number of fused-ring (bicyclic) bond motifs is 1. The van der Waals surface area contributed by atoms with Crippen molar-refractivity contribution in [1.82, 2.24) is 24.4 Å². The van der Waals surface area contributed by atoms with Gasteiger partial charge in [-0.05, 0) is 12.1 Å². The van der Waals surface area contributed by atoms with E-state index in [-0.39, 0.29) is 5.82 Å². The van der Waals surface area contributed by atoms with E-state index >= 15 is 0 Å². The molecule has 6 nitrogen and oxygen atoms in total. The molecular formula is C17H19FN6. The van der Waals surface area contributed by atoms with Crippen LogP contribution in [0.25, 0.3) is 11.0 Å². The van der Waals surface area contributed by atoms with Crippen LogP contribution in [0.2, 0.25) is 0 Å². The van der Waals surface area contributed by atoms with E-state index < -0.39 is 0 Å². The summed E-state index contributed by atoms with van der Waals surface area (Å²) in [6.07, 6.45) is 7.03. The zero-order valence-electron chi connectivity index (χ0n) is 13.3. The van der Waals surface area contributed by atoms with Crippen molar-refractivity contribution in [3.63, 3.8) is 0 Å². The lowest BCUT2D eigenvalue weighted by Gasteiger charge is -2.35. The highest BCUT2D eigenvalue weighted by atomic mass is 19.1. The van der Waals surface area contributed by atoms with Crippen molar-refractivity contribution in [2.24, 2.45) is 0 Å². The van der Waals surface area contributed by atoms with E-state index in [9.17, 15) is 4.39 Å². The Balaban J connectivity index is 1.34. The Morgan fingerprint density at radius 1 is 1.00 bits per heavy atom. The summed E-state index contributed by atoms with van der Waals surface area (Å²) >= 11 is 0. The summed E-state index contributed by atoms with van der Waals surface area (Å²) in [7, 11) is 0. The number of anilines is 1. The Morgan fingerprint density at radius 2 is 1.88 bits per heavy atom. The summed E-state index contributed by atoms with van der Waals surface area (Å²) < 4.78 is 15.3. The van der Waals surface area contributed by atoms with E-state index in [1.54, 1.807) is 24.8 Å². The van der Waals surface area contributed by atoms with E-state index in [4.69, 9.17) is 0 Å². The molecule has 2 aromatic heterocycles. The van der Waals surface area contributed by atoms with Gasteiger partial charge < -0.3 is 9.47 Å². The molecule has 24 heavy (non-hydrogen) atoms. The van der Waals surface area contributed by atoms with Gasteiger partial charge in [-0.3, -0.25) is 9.88 Å². The Bertz CT molecular complexity index is 810. The number of hydrogen-bond acceptors (Lipinski definition) is 5. The Morgan fingerprint density at radius 3 is 2.67 bits per heavy atom. The molecule has 1 aromatic carbocycles. The van der Waals surface area contributed by atoms with Crippen molar-refractivity contribution in [2.45, 2.75) is 6.54 Å². The molecule has 124 valence electrons. The first kappa shape index (κ1) is 15.0. The average Bonchev–Trinajstić information content (AvgIpc) is 3.03. The van der Waals surface area contributed by atoms with Crippen LogP contribution >= 0.6 is 0 Å². The fourth-order valence-electron chi connectivity index (χ4n) is 3.12. The summed E-state index contributed by atoms with van der Waals surface area (Å²) in [5.74, 6) is 0.702. The molecule has 4 rings (SSSR count). The fraction of sp³-hybridized carbons (Fsp3) is 0.353. The Labute approximate surface area is 139 Å². The summed E-state index contributed by atoms with van der Waals surface area (Å²) in [4.78, 5) is 17.5. The average molecular weight is 326 g/mol. The predicted octanol–water partition coefficient (Wildman–Crippen LogP) is 1.79. The van der Waals surface area contributed by atoms with E-state index in [1.165, 1.54) is 12.1 Å². The molecule has 0 bridgehead atoms. The largest absolute Gasteiger partial charge is 0.353 e. The minimum Gasteiger partial charge on any atom is -0.353 e. The van der Waals surface area contributed by atoms with E-state index in [1.807, 2.05) is 6.20 Å². The summed E-state index contributed by atoms with van der Waals surface area (Å²) in [5, 5.41) is 0. The topological polar surface area (TPSA) is 50.1 Å². The van der Waals surface area contributed by atoms with Crippen molar-refractivity contribution >= 4 is 16.9 Å². The lowest BCUT2D eigenvalue weighted by atomic mass is 10.3. The number of hydrogen-bond donors (Lipinski definition) is 0. The lowest BCUT2D eigenvalue weighted by molar-refractivity contribution is 0.248. The minimum atomic E-state index is -0.243. The highest BCUT2D eigenvalue weighted by Gasteiger charge is 2.18. The van der Waals surface area contributed by atoms with Gasteiger partial charge in [0.15, 0.2) is 0 Å². The highest BCUT2D eigenvalue weighted by molar-refractivity contribution is 5.75. The maximum absolute atomic E-state index is 13.2. The first-order valence-electron chi connectivity index (χ1n) is 8.13. The number of nitrogens with zero attached hydrogens (tertiary/aromatic N) is 6. The smallest absolute Gasteiger partial charge is 0.147 e. The SMILES string of the molecule is Fc1ccc2c(c1)ncn2CCN1CCN(c2cnccn2)CC1. The van der Waals surface area contributed by atoms with Gasteiger partial charge in [0.05, 0.1) is 23.6 Å². The Hall–Kier alpha value is -2.54. The van der Waals surface area contributed by atoms with Crippen LogP contribution in [0.4, 0.5) is 10.2 Å². The van der Waals surface area contributed by atoms with Gasteiger partial charge in [-0.1, -0.05) is 0 Å². The van der Waals surface area contributed by atoms with E-state index in [0.717, 1.165) is 50.6 Å². The molecule has 0 spiro atoms. The van der Waals surface area contributed by atoms with Gasteiger partial charge in [-0.25, -0.2) is 14.4 Å². The van der Waals surface area contributed by atoms with Crippen molar-refractivity contribution in [2.75, 3.05) is 37.6 Å². The summed E-state index contributed by atoms with van der Waals surface area (Å²) in [6.45, 7) is 5.71. The van der Waals surface area contributed by atoms with Crippen LogP contribution in [-0.2, 0) is 6.54 Å². The molecule has 0 unspecified atom stereocenters. The van der Waals surface area contributed by atoms with Gasteiger partial charge in [-0.2, -0.15) is 0 Å². The van der Waals surface area contributed by atoms with Gasteiger partial charge in [0.1, 0.15) is 11.6 Å². The first-order chi connectivity index (χ1) is 11.8. The van der Waals surface area contributed by atoms with E-state index in [2.05, 4.69) is 29.3 Å². The number of benzene rings is 1. The predicted molar refractivity (Wildman–Crippen MR) is 90.4 cm³/mol. The van der Waals surface area contributed by atoms with Gasteiger partial charge >= 0.3 is 0 Å². The molecule has 3 aromatic rings. The third-order valence-corrected chi connectivity index (χ3v) is 4.49. The number of imidazole rings is 1. The Kier molecular flexibility index (Phi) is 4.08. The number of halogens is 1. The number of rotatable bonds is 4. The molecule has 0 atom stereocenters. The van der Waals surface area contributed by atoms with Crippen molar-refractivity contribution < 1.29 is 4.39 Å². The van der Waals surface area contributed by atoms with Crippen LogP contribution in [0.3, 0.4) is 0 Å². The second-order valence-corrected chi connectivity index (χ2v) is 5.96. The van der Waals surface area contributed by atoms with Crippen molar-refractivity contribution in [3.05, 3.63) is 48.9 Å². The maximum Gasteiger partial charge on any atom is 0.147 e. The molecule has 0 N–H and O–H groups in total. The van der Waals surface area contributed by atoms with Gasteiger partial charge in [0, 0.05) is 57.7 Å². The van der Waals surface area contributed by atoms with E-state index in [0.29, 0.717) is 5.52 Å². The second-order valence-electron chi connectivity index (χ2n) is 5.96. The molecule has 1 aliphatic heterocycles. The van der Waals surface area contributed by atoms with Gasteiger partial charge in [0.2, 0.25) is 0 Å². The van der Waals surface area contributed by atoms with Crippen LogP contribution in [0, 0.1) is 5.82 Å². The molecular weight excluding hydrogens is 307 g/mol. The lowest BCUT2D eigenvalue weighted by Crippen LogP contribution is -2.47. The molecule has 1 fully saturated rings. The van der Waals surface area contributed by atoms with Crippen LogP contribution in [0.5, 0.6) is 0 Å². The number of piperazine rings is 1. The summed E-state index contributed by atoms with van der Waals surface area (Å²) in [6, 6.07) is 4.76. The van der Waals surface area contributed by atoms with Crippen LogP contribution in [0.15, 0.2) is 43.1 Å². The zero-order valence-corrected chi connectivity index (χ0v) is 13.3. The third kappa shape index (κ3) is 3.07.